The lowest BCUT2D eigenvalue weighted by Crippen LogP contribution is -2.39. The average Bonchev–Trinajstić information content (AvgIpc) is 3.02. The van der Waals surface area contributed by atoms with Gasteiger partial charge < -0.3 is 10.7 Å². The predicted molar refractivity (Wildman–Crippen MR) is 101 cm³/mol. The molecule has 1 aromatic heterocycles. The summed E-state index contributed by atoms with van der Waals surface area (Å²) in [5.74, 6) is 0. The van der Waals surface area contributed by atoms with E-state index in [1.165, 1.54) is 34.1 Å². The van der Waals surface area contributed by atoms with Crippen molar-refractivity contribution in [2.75, 3.05) is 12.3 Å². The minimum absolute atomic E-state index is 0.593. The maximum absolute atomic E-state index is 6.14. The van der Waals surface area contributed by atoms with Gasteiger partial charge in [-0.3, -0.25) is 4.90 Å². The van der Waals surface area contributed by atoms with Gasteiger partial charge in [0.2, 0.25) is 0 Å². The Bertz CT molecular complexity index is 816. The van der Waals surface area contributed by atoms with Gasteiger partial charge in [-0.15, -0.1) is 0 Å². The van der Waals surface area contributed by atoms with Crippen molar-refractivity contribution in [3.05, 3.63) is 65.4 Å². The summed E-state index contributed by atoms with van der Waals surface area (Å²) < 4.78 is 0. The van der Waals surface area contributed by atoms with E-state index in [1.54, 1.807) is 0 Å². The molecule has 24 heavy (non-hydrogen) atoms. The number of H-pyrrole nitrogens is 1. The summed E-state index contributed by atoms with van der Waals surface area (Å²) in [6.45, 7) is 4.31. The molecule has 0 spiro atoms. The molecule has 1 unspecified atom stereocenters. The first kappa shape index (κ1) is 15.3. The van der Waals surface area contributed by atoms with Crippen LogP contribution in [0.25, 0.3) is 10.9 Å². The molecule has 3 N–H and O–H groups in total. The normalized spacial score (nSPS) is 17.3. The zero-order valence-electron chi connectivity index (χ0n) is 14.3. The van der Waals surface area contributed by atoms with Gasteiger partial charge in [-0.25, -0.2) is 0 Å². The fourth-order valence-corrected chi connectivity index (χ4v) is 4.07. The number of anilines is 1. The summed E-state index contributed by atoms with van der Waals surface area (Å²) in [5, 5.41) is 1.30. The van der Waals surface area contributed by atoms with E-state index in [9.17, 15) is 0 Å². The van der Waals surface area contributed by atoms with Crippen molar-refractivity contribution in [1.29, 1.82) is 0 Å². The molecule has 1 atom stereocenters. The molecule has 2 aromatic carbocycles. The Morgan fingerprint density at radius 1 is 1.17 bits per heavy atom. The zero-order valence-corrected chi connectivity index (χ0v) is 14.3. The van der Waals surface area contributed by atoms with Gasteiger partial charge in [-0.1, -0.05) is 37.3 Å². The van der Waals surface area contributed by atoms with Crippen LogP contribution in [0, 0.1) is 0 Å². The molecule has 0 bridgehead atoms. The molecule has 3 nitrogen and oxygen atoms in total. The van der Waals surface area contributed by atoms with Crippen LogP contribution >= 0.6 is 0 Å². The summed E-state index contributed by atoms with van der Waals surface area (Å²) in [4.78, 5) is 6.16. The van der Waals surface area contributed by atoms with Crippen LogP contribution in [-0.2, 0) is 19.4 Å². The van der Waals surface area contributed by atoms with Crippen LogP contribution in [0.4, 0.5) is 5.69 Å². The van der Waals surface area contributed by atoms with Crippen molar-refractivity contribution < 1.29 is 0 Å². The number of nitrogens with two attached hydrogens (primary N) is 1. The number of para-hydroxylation sites is 1. The predicted octanol–water partition coefficient (Wildman–Crippen LogP) is 4.13. The molecule has 4 rings (SSSR count). The van der Waals surface area contributed by atoms with Gasteiger partial charge in [0.05, 0.1) is 0 Å². The van der Waals surface area contributed by atoms with E-state index in [1.807, 2.05) is 6.07 Å². The first-order valence-electron chi connectivity index (χ1n) is 8.91. The number of benzene rings is 2. The summed E-state index contributed by atoms with van der Waals surface area (Å²) in [6.07, 6.45) is 3.39. The number of nitrogens with zero attached hydrogens (tertiary/aromatic N) is 1. The van der Waals surface area contributed by atoms with Crippen LogP contribution in [0.15, 0.2) is 48.5 Å². The Labute approximate surface area is 143 Å². The molecule has 0 radical (unpaired) electrons. The molecule has 0 amide bonds. The SMILES string of the molecule is CCN(Cc1cc2ccccc2[nH]1)C1CCc2c(N)cccc2C1. The van der Waals surface area contributed by atoms with E-state index in [-0.39, 0.29) is 0 Å². The lowest BCUT2D eigenvalue weighted by atomic mass is 9.86. The number of hydrogen-bond donors (Lipinski definition) is 2. The van der Waals surface area contributed by atoms with Gasteiger partial charge in [-0.2, -0.15) is 0 Å². The van der Waals surface area contributed by atoms with E-state index >= 15 is 0 Å². The fourth-order valence-electron chi connectivity index (χ4n) is 4.07. The van der Waals surface area contributed by atoms with Gasteiger partial charge >= 0.3 is 0 Å². The number of aromatic nitrogens is 1. The smallest absolute Gasteiger partial charge is 0.0456 e. The van der Waals surface area contributed by atoms with E-state index < -0.39 is 0 Å². The van der Waals surface area contributed by atoms with Crippen molar-refractivity contribution >= 4 is 16.6 Å². The Kier molecular flexibility index (Phi) is 4.03. The van der Waals surface area contributed by atoms with E-state index in [0.29, 0.717) is 6.04 Å². The number of likely N-dealkylation sites (N-methyl/N-ethyl adjacent to an activating group) is 1. The lowest BCUT2D eigenvalue weighted by Gasteiger charge is -2.34. The van der Waals surface area contributed by atoms with Crippen LogP contribution < -0.4 is 5.73 Å². The molecule has 0 saturated carbocycles. The van der Waals surface area contributed by atoms with E-state index in [4.69, 9.17) is 5.73 Å². The highest BCUT2D eigenvalue weighted by Crippen LogP contribution is 2.29. The molecule has 1 aliphatic rings. The number of nitrogen functional groups attached to an aromatic ring is 1. The second-order valence-corrected chi connectivity index (χ2v) is 6.83. The largest absolute Gasteiger partial charge is 0.398 e. The van der Waals surface area contributed by atoms with E-state index in [0.717, 1.165) is 31.6 Å². The number of rotatable bonds is 4. The maximum Gasteiger partial charge on any atom is 0.0456 e. The maximum atomic E-state index is 6.14. The van der Waals surface area contributed by atoms with Crippen LogP contribution in [0.5, 0.6) is 0 Å². The number of nitrogens with one attached hydrogen (secondary N) is 1. The molecule has 0 saturated heterocycles. The molecule has 1 aliphatic carbocycles. The quantitative estimate of drug-likeness (QED) is 0.710. The topological polar surface area (TPSA) is 45.0 Å². The first-order valence-corrected chi connectivity index (χ1v) is 8.91. The third-order valence-electron chi connectivity index (χ3n) is 5.37. The molecule has 124 valence electrons. The number of aromatic amines is 1. The van der Waals surface area contributed by atoms with Crippen molar-refractivity contribution in [3.63, 3.8) is 0 Å². The standard InChI is InChI=1S/C21H25N3/c1-2-24(14-17-12-16-6-3-4-9-21(16)23-17)18-10-11-19-15(13-18)7-5-8-20(19)22/h3-9,12,18,23H,2,10-11,13-14,22H2,1H3. The van der Waals surface area contributed by atoms with Gasteiger partial charge in [0, 0.05) is 29.5 Å². The van der Waals surface area contributed by atoms with Crippen molar-refractivity contribution in [2.45, 2.75) is 38.8 Å². The summed E-state index contributed by atoms with van der Waals surface area (Å²) >= 11 is 0. The highest BCUT2D eigenvalue weighted by molar-refractivity contribution is 5.80. The minimum atomic E-state index is 0.593. The van der Waals surface area contributed by atoms with Gasteiger partial charge in [-0.05, 0) is 60.5 Å². The molecular formula is C21H25N3. The number of fused-ring (bicyclic) bond motifs is 2. The second-order valence-electron chi connectivity index (χ2n) is 6.83. The summed E-state index contributed by atoms with van der Waals surface area (Å²) in [6, 6.07) is 17.7. The van der Waals surface area contributed by atoms with Crippen molar-refractivity contribution in [3.8, 4) is 0 Å². The Morgan fingerprint density at radius 2 is 2.04 bits per heavy atom. The number of hydrogen-bond acceptors (Lipinski definition) is 2. The second kappa shape index (κ2) is 6.33. The Morgan fingerprint density at radius 3 is 2.88 bits per heavy atom. The monoisotopic (exact) mass is 319 g/mol. The van der Waals surface area contributed by atoms with Crippen molar-refractivity contribution in [2.24, 2.45) is 0 Å². The van der Waals surface area contributed by atoms with Crippen LogP contribution in [0.3, 0.4) is 0 Å². The van der Waals surface area contributed by atoms with Gasteiger partial charge in [0.25, 0.3) is 0 Å². The van der Waals surface area contributed by atoms with E-state index in [2.05, 4.69) is 59.3 Å². The van der Waals surface area contributed by atoms with Crippen LogP contribution in [0.1, 0.15) is 30.2 Å². The minimum Gasteiger partial charge on any atom is -0.398 e. The molecule has 0 aliphatic heterocycles. The van der Waals surface area contributed by atoms with Gasteiger partial charge in [0.1, 0.15) is 0 Å². The third kappa shape index (κ3) is 2.80. The van der Waals surface area contributed by atoms with Crippen LogP contribution in [0.2, 0.25) is 0 Å². The highest BCUT2D eigenvalue weighted by atomic mass is 15.2. The average molecular weight is 319 g/mol. The zero-order chi connectivity index (χ0) is 16.5. The molecule has 3 heteroatoms. The Balaban J connectivity index is 1.53. The molecule has 3 aromatic rings. The summed E-state index contributed by atoms with van der Waals surface area (Å²) in [5.41, 5.74) is 12.4. The Hall–Kier alpha value is -2.26. The first-order chi connectivity index (χ1) is 11.7. The molecule has 0 fully saturated rings. The molecular weight excluding hydrogens is 294 g/mol. The fraction of sp³-hybridized carbons (Fsp3) is 0.333. The highest BCUT2D eigenvalue weighted by Gasteiger charge is 2.24. The van der Waals surface area contributed by atoms with Gasteiger partial charge in [0.15, 0.2) is 0 Å². The van der Waals surface area contributed by atoms with Crippen LogP contribution in [-0.4, -0.2) is 22.5 Å². The third-order valence-corrected chi connectivity index (χ3v) is 5.37. The van der Waals surface area contributed by atoms with Crippen molar-refractivity contribution in [1.82, 2.24) is 9.88 Å². The lowest BCUT2D eigenvalue weighted by molar-refractivity contribution is 0.179. The molecule has 1 heterocycles. The summed E-state index contributed by atoms with van der Waals surface area (Å²) in [7, 11) is 0.